The number of ether oxygens (including phenoxy) is 1. The van der Waals surface area contributed by atoms with Crippen LogP contribution in [0, 0.1) is 5.41 Å². The number of allylic oxidation sites excluding steroid dienone is 7. The molecule has 2 heterocycles. The maximum atomic E-state index is 8.85. The lowest BCUT2D eigenvalue weighted by molar-refractivity contribution is 0.172. The normalized spacial score (nSPS) is 19.4. The summed E-state index contributed by atoms with van der Waals surface area (Å²) in [5.41, 5.74) is 12.8. The smallest absolute Gasteiger partial charge is 0.132 e. The van der Waals surface area contributed by atoms with E-state index in [1.807, 2.05) is 54.7 Å². The van der Waals surface area contributed by atoms with Crippen molar-refractivity contribution in [1.29, 1.82) is 5.41 Å². The minimum atomic E-state index is -0.341. The highest BCUT2D eigenvalue weighted by molar-refractivity contribution is 5.96. The number of rotatable bonds is 7. The van der Waals surface area contributed by atoms with Crippen molar-refractivity contribution in [3.8, 4) is 17.0 Å². The van der Waals surface area contributed by atoms with E-state index >= 15 is 0 Å². The lowest BCUT2D eigenvalue weighted by Crippen LogP contribution is -2.40. The first-order valence-electron chi connectivity index (χ1n) is 18.4. The third-order valence-corrected chi connectivity index (χ3v) is 11.4. The van der Waals surface area contributed by atoms with Crippen molar-refractivity contribution in [2.45, 2.75) is 50.2 Å². The molecule has 9 rings (SSSR count). The van der Waals surface area contributed by atoms with Crippen molar-refractivity contribution < 1.29 is 4.74 Å². The summed E-state index contributed by atoms with van der Waals surface area (Å²) < 4.78 is 6.80. The third-order valence-electron chi connectivity index (χ3n) is 11.4. The minimum Gasteiger partial charge on any atom is -0.457 e. The molecule has 3 aliphatic carbocycles. The summed E-state index contributed by atoms with van der Waals surface area (Å²) in [6, 6.07) is 40.2. The molecule has 5 heteroatoms. The van der Waals surface area contributed by atoms with Gasteiger partial charge in [0.25, 0.3) is 0 Å². The fourth-order valence-electron chi connectivity index (χ4n) is 8.72. The summed E-state index contributed by atoms with van der Waals surface area (Å²) in [6.45, 7) is 2.19. The summed E-state index contributed by atoms with van der Waals surface area (Å²) in [5, 5.41) is 12.3. The zero-order valence-corrected chi connectivity index (χ0v) is 29.6. The van der Waals surface area contributed by atoms with Gasteiger partial charge in [-0.25, -0.2) is 0 Å². The number of benzene rings is 4. The zero-order valence-electron chi connectivity index (χ0n) is 29.6. The van der Waals surface area contributed by atoms with Gasteiger partial charge in [-0.15, -0.1) is 0 Å². The van der Waals surface area contributed by atoms with Crippen LogP contribution in [0.1, 0.15) is 78.2 Å². The molecule has 0 radical (unpaired) electrons. The lowest BCUT2D eigenvalue weighted by atomic mass is 9.62. The second kappa shape index (κ2) is 13.1. The molecule has 4 aromatic carbocycles. The SMILES string of the molecule is CC(c1ccc(-c2ccc3c(c2)OC2=CCCC=C2C32C3=C(C=CCC3)c3ccccc32)nc1)N(C)C(NC(=N)c1ccccc1)c1ccccc1. The van der Waals surface area contributed by atoms with Gasteiger partial charge in [-0.05, 0) is 91.3 Å². The van der Waals surface area contributed by atoms with E-state index in [0.29, 0.717) is 5.84 Å². The Morgan fingerprint density at radius 2 is 1.60 bits per heavy atom. The minimum absolute atomic E-state index is 0.0208. The van der Waals surface area contributed by atoms with Gasteiger partial charge in [0.1, 0.15) is 23.5 Å². The number of hydrogen-bond acceptors (Lipinski definition) is 4. The van der Waals surface area contributed by atoms with E-state index in [-0.39, 0.29) is 17.6 Å². The maximum Gasteiger partial charge on any atom is 0.132 e. The Bertz CT molecular complexity index is 2300. The molecule has 0 amide bonds. The Balaban J connectivity index is 1.04. The van der Waals surface area contributed by atoms with Gasteiger partial charge < -0.3 is 10.1 Å². The summed E-state index contributed by atoms with van der Waals surface area (Å²) in [4.78, 5) is 7.29. The Labute approximate surface area is 306 Å². The van der Waals surface area contributed by atoms with Crippen LogP contribution in [-0.4, -0.2) is 22.8 Å². The van der Waals surface area contributed by atoms with Crippen LogP contribution in [-0.2, 0) is 5.41 Å². The standard InChI is InChI=1S/C47H42N4O/c1-31(51(2)46(33-17-7-4-8-18-33)50-45(48)32-15-5-3-6-16-32)35-26-28-42(49-30-35)34-25-27-41-44(29-34)52-43-24-14-13-23-40(43)47(41)38-21-11-9-19-36(38)37-20-10-12-22-39(37)47/h3-11,15-21,23-31,46H,12-14,22H2,1-2H3,(H2,48,50). The molecule has 5 aromatic rings. The molecule has 1 aromatic heterocycles. The predicted molar refractivity (Wildman–Crippen MR) is 210 cm³/mol. The van der Waals surface area contributed by atoms with E-state index < -0.39 is 0 Å². The number of fused-ring (bicyclic) bond motifs is 8. The second-order valence-electron chi connectivity index (χ2n) is 14.2. The fourth-order valence-corrected chi connectivity index (χ4v) is 8.72. The highest BCUT2D eigenvalue weighted by atomic mass is 16.5. The summed E-state index contributed by atoms with van der Waals surface area (Å²) in [6.07, 6.45) is 15.3. The average Bonchev–Trinajstić information content (AvgIpc) is 3.50. The number of nitrogens with one attached hydrogen (secondary N) is 2. The van der Waals surface area contributed by atoms with Crippen LogP contribution in [0.5, 0.6) is 5.75 Å². The Kier molecular flexibility index (Phi) is 8.09. The lowest BCUT2D eigenvalue weighted by Gasteiger charge is -2.44. The molecule has 3 atom stereocenters. The fraction of sp³-hybridized carbons (Fsp3) is 0.191. The monoisotopic (exact) mass is 678 g/mol. The van der Waals surface area contributed by atoms with E-state index in [1.54, 1.807) is 0 Å². The van der Waals surface area contributed by atoms with Crippen molar-refractivity contribution >= 4 is 11.4 Å². The van der Waals surface area contributed by atoms with Crippen molar-refractivity contribution in [3.05, 3.63) is 196 Å². The van der Waals surface area contributed by atoms with Crippen LogP contribution in [0.4, 0.5) is 0 Å². The van der Waals surface area contributed by atoms with Crippen LogP contribution in [0.15, 0.2) is 163 Å². The average molecular weight is 679 g/mol. The first-order valence-corrected chi connectivity index (χ1v) is 18.4. The van der Waals surface area contributed by atoms with Crippen LogP contribution < -0.4 is 10.1 Å². The molecule has 4 aliphatic rings. The van der Waals surface area contributed by atoms with E-state index in [4.69, 9.17) is 15.1 Å². The van der Waals surface area contributed by atoms with E-state index in [0.717, 1.165) is 65.1 Å². The summed E-state index contributed by atoms with van der Waals surface area (Å²) in [7, 11) is 2.10. The Morgan fingerprint density at radius 1 is 0.827 bits per heavy atom. The summed E-state index contributed by atoms with van der Waals surface area (Å²) >= 11 is 0. The molecule has 0 saturated carbocycles. The molecule has 3 unspecified atom stereocenters. The molecular formula is C47H42N4O. The third kappa shape index (κ3) is 5.18. The largest absolute Gasteiger partial charge is 0.457 e. The highest BCUT2D eigenvalue weighted by Crippen LogP contribution is 2.63. The van der Waals surface area contributed by atoms with Crippen molar-refractivity contribution in [1.82, 2.24) is 15.2 Å². The number of nitrogens with zero attached hydrogens (tertiary/aromatic N) is 2. The molecule has 2 N–H and O–H groups in total. The number of aromatic nitrogens is 1. The van der Waals surface area contributed by atoms with Crippen LogP contribution in [0.2, 0.25) is 0 Å². The number of amidine groups is 1. The van der Waals surface area contributed by atoms with Gasteiger partial charge in [0.2, 0.25) is 0 Å². The molecule has 52 heavy (non-hydrogen) atoms. The molecule has 1 spiro atoms. The van der Waals surface area contributed by atoms with Crippen molar-refractivity contribution in [2.24, 2.45) is 0 Å². The maximum absolute atomic E-state index is 8.85. The molecule has 0 fully saturated rings. The highest BCUT2D eigenvalue weighted by Gasteiger charge is 2.53. The Morgan fingerprint density at radius 3 is 2.40 bits per heavy atom. The second-order valence-corrected chi connectivity index (χ2v) is 14.2. The van der Waals surface area contributed by atoms with Crippen LogP contribution >= 0.6 is 0 Å². The first kappa shape index (κ1) is 32.1. The summed E-state index contributed by atoms with van der Waals surface area (Å²) in [5.74, 6) is 2.30. The van der Waals surface area contributed by atoms with Gasteiger partial charge in [0.15, 0.2) is 0 Å². The number of pyridine rings is 1. The van der Waals surface area contributed by atoms with Gasteiger partial charge in [0.05, 0.1) is 11.1 Å². The topological polar surface area (TPSA) is 61.2 Å². The van der Waals surface area contributed by atoms with Gasteiger partial charge >= 0.3 is 0 Å². The van der Waals surface area contributed by atoms with Crippen LogP contribution in [0.3, 0.4) is 0 Å². The molecule has 0 saturated heterocycles. The predicted octanol–water partition coefficient (Wildman–Crippen LogP) is 10.5. The number of hydrogen-bond donors (Lipinski definition) is 2. The van der Waals surface area contributed by atoms with Gasteiger partial charge in [-0.3, -0.25) is 15.3 Å². The van der Waals surface area contributed by atoms with E-state index in [2.05, 4.69) is 115 Å². The zero-order chi connectivity index (χ0) is 35.2. The van der Waals surface area contributed by atoms with Gasteiger partial charge in [0, 0.05) is 34.5 Å². The van der Waals surface area contributed by atoms with Gasteiger partial charge in [-0.2, -0.15) is 0 Å². The van der Waals surface area contributed by atoms with Crippen LogP contribution in [0.25, 0.3) is 16.8 Å². The van der Waals surface area contributed by atoms with Gasteiger partial charge in [-0.1, -0.05) is 121 Å². The molecule has 1 aliphatic heterocycles. The van der Waals surface area contributed by atoms with E-state index in [1.165, 1.54) is 33.4 Å². The van der Waals surface area contributed by atoms with Crippen molar-refractivity contribution in [2.75, 3.05) is 7.05 Å². The molecule has 5 nitrogen and oxygen atoms in total. The first-order chi connectivity index (χ1) is 25.5. The Hall–Kier alpha value is -5.78. The quantitative estimate of drug-likeness (QED) is 0.102. The molecule has 0 bridgehead atoms. The molecule has 256 valence electrons. The van der Waals surface area contributed by atoms with Crippen molar-refractivity contribution in [3.63, 3.8) is 0 Å². The molecular weight excluding hydrogens is 637 g/mol. The van der Waals surface area contributed by atoms with E-state index in [9.17, 15) is 0 Å².